The van der Waals surface area contributed by atoms with E-state index in [9.17, 15) is 14.4 Å². The number of anilines is 1. The Labute approximate surface area is 190 Å². The first kappa shape index (κ1) is 22.1. The van der Waals surface area contributed by atoms with E-state index in [0.717, 1.165) is 27.9 Å². The molecule has 0 bridgehead atoms. The van der Waals surface area contributed by atoms with Crippen LogP contribution in [0.4, 0.5) is 10.6 Å². The number of nitrogens with zero attached hydrogens (tertiary/aromatic N) is 2. The van der Waals surface area contributed by atoms with Crippen LogP contribution in [0.15, 0.2) is 47.0 Å². The predicted molar refractivity (Wildman–Crippen MR) is 123 cm³/mol. The Morgan fingerprint density at radius 1 is 1.36 bits per heavy atom. The van der Waals surface area contributed by atoms with Gasteiger partial charge in [0.05, 0.1) is 12.5 Å². The smallest absolute Gasteiger partial charge is 0.404 e. The van der Waals surface area contributed by atoms with Crippen LogP contribution in [0.1, 0.15) is 22.5 Å². The van der Waals surface area contributed by atoms with Crippen LogP contribution < -0.4 is 10.6 Å². The standard InChI is InChI=1S/C24H24N4O5/c1-14-18-5-3-4-6-19(18)33-20(14)13-28(2)21(29)8-7-15-9-16-10-17(12-26-24(31)32)23(30)27-22(16)25-11-15/h3-9,11,17,26H,10,12-13H2,1-2H3,(H,31,32)(H,25,27,30)/b8-7+. The zero-order valence-electron chi connectivity index (χ0n) is 18.3. The third-order valence-corrected chi connectivity index (χ3v) is 5.68. The number of fused-ring (bicyclic) bond motifs is 2. The second-order valence-electron chi connectivity index (χ2n) is 8.03. The highest BCUT2D eigenvalue weighted by atomic mass is 16.4. The van der Waals surface area contributed by atoms with Crippen LogP contribution in [0.25, 0.3) is 17.0 Å². The van der Waals surface area contributed by atoms with Crippen LogP contribution in [0, 0.1) is 12.8 Å². The van der Waals surface area contributed by atoms with E-state index < -0.39 is 12.0 Å². The number of aromatic nitrogens is 1. The largest absolute Gasteiger partial charge is 0.465 e. The molecule has 2 aromatic heterocycles. The number of likely N-dealkylation sites (N-methyl/N-ethyl adjacent to an activating group) is 1. The van der Waals surface area contributed by atoms with E-state index in [1.807, 2.05) is 37.3 Å². The summed E-state index contributed by atoms with van der Waals surface area (Å²) in [6.07, 6.45) is 3.88. The first-order chi connectivity index (χ1) is 15.8. The highest BCUT2D eigenvalue weighted by molar-refractivity contribution is 5.95. The zero-order valence-corrected chi connectivity index (χ0v) is 18.3. The van der Waals surface area contributed by atoms with E-state index in [0.29, 0.717) is 24.3 Å². The number of furan rings is 1. The van der Waals surface area contributed by atoms with Gasteiger partial charge in [-0.15, -0.1) is 0 Å². The Kier molecular flexibility index (Phi) is 6.12. The molecule has 1 aromatic carbocycles. The Hall–Kier alpha value is -4.14. The third-order valence-electron chi connectivity index (χ3n) is 5.68. The molecular formula is C24H24N4O5. The molecule has 3 heterocycles. The minimum atomic E-state index is -1.18. The maximum Gasteiger partial charge on any atom is 0.404 e. The quantitative estimate of drug-likeness (QED) is 0.498. The molecule has 9 nitrogen and oxygen atoms in total. The number of rotatable bonds is 6. The summed E-state index contributed by atoms with van der Waals surface area (Å²) in [5, 5.41) is 14.7. The number of para-hydroxylation sites is 1. The van der Waals surface area contributed by atoms with Crippen molar-refractivity contribution in [3.8, 4) is 0 Å². The van der Waals surface area contributed by atoms with Crippen molar-refractivity contribution in [2.45, 2.75) is 19.9 Å². The molecule has 0 radical (unpaired) electrons. The molecule has 1 aliphatic heterocycles. The summed E-state index contributed by atoms with van der Waals surface area (Å²) in [4.78, 5) is 41.3. The number of amides is 3. The van der Waals surface area contributed by atoms with Gasteiger partial charge in [-0.1, -0.05) is 18.2 Å². The summed E-state index contributed by atoms with van der Waals surface area (Å²) in [6, 6.07) is 9.60. The van der Waals surface area contributed by atoms with E-state index >= 15 is 0 Å². The van der Waals surface area contributed by atoms with Crippen LogP contribution in [0.5, 0.6) is 0 Å². The maximum atomic E-state index is 12.6. The van der Waals surface area contributed by atoms with Crippen LogP contribution in [0.2, 0.25) is 0 Å². The molecule has 0 fully saturated rings. The van der Waals surface area contributed by atoms with E-state index in [1.165, 1.54) is 6.08 Å². The van der Waals surface area contributed by atoms with Crippen molar-refractivity contribution in [2.24, 2.45) is 5.92 Å². The van der Waals surface area contributed by atoms with Crippen molar-refractivity contribution in [2.75, 3.05) is 18.9 Å². The monoisotopic (exact) mass is 448 g/mol. The molecular weight excluding hydrogens is 424 g/mol. The molecule has 33 heavy (non-hydrogen) atoms. The van der Waals surface area contributed by atoms with Crippen LogP contribution >= 0.6 is 0 Å². The molecule has 9 heteroatoms. The molecule has 3 aromatic rings. The Morgan fingerprint density at radius 2 is 2.15 bits per heavy atom. The van der Waals surface area contributed by atoms with Gasteiger partial charge in [0.1, 0.15) is 17.2 Å². The number of pyridine rings is 1. The molecule has 1 unspecified atom stereocenters. The van der Waals surface area contributed by atoms with Crippen LogP contribution in [0.3, 0.4) is 0 Å². The number of carboxylic acid groups (broad SMARTS) is 1. The Balaban J connectivity index is 1.42. The van der Waals surface area contributed by atoms with E-state index in [-0.39, 0.29) is 18.4 Å². The number of hydrogen-bond donors (Lipinski definition) is 3. The fourth-order valence-electron chi connectivity index (χ4n) is 3.80. The summed E-state index contributed by atoms with van der Waals surface area (Å²) in [6.45, 7) is 2.34. The first-order valence-electron chi connectivity index (χ1n) is 10.5. The summed E-state index contributed by atoms with van der Waals surface area (Å²) >= 11 is 0. The third kappa shape index (κ3) is 4.87. The number of hydrogen-bond acceptors (Lipinski definition) is 5. The van der Waals surface area contributed by atoms with Gasteiger partial charge in [0, 0.05) is 36.8 Å². The van der Waals surface area contributed by atoms with Gasteiger partial charge in [-0.25, -0.2) is 9.78 Å². The van der Waals surface area contributed by atoms with Crippen molar-refractivity contribution in [1.82, 2.24) is 15.2 Å². The predicted octanol–water partition coefficient (Wildman–Crippen LogP) is 3.19. The van der Waals surface area contributed by atoms with Crippen molar-refractivity contribution >= 4 is 40.8 Å². The molecule has 1 atom stereocenters. The zero-order chi connectivity index (χ0) is 23.5. The average Bonchev–Trinajstić information content (AvgIpc) is 3.11. The molecule has 3 N–H and O–H groups in total. The topological polar surface area (TPSA) is 125 Å². The van der Waals surface area contributed by atoms with Gasteiger partial charge < -0.3 is 25.1 Å². The second-order valence-corrected chi connectivity index (χ2v) is 8.03. The normalized spacial score (nSPS) is 15.3. The van der Waals surface area contributed by atoms with E-state index in [1.54, 1.807) is 24.2 Å². The van der Waals surface area contributed by atoms with Crippen molar-refractivity contribution in [3.63, 3.8) is 0 Å². The Bertz CT molecular complexity index is 1260. The van der Waals surface area contributed by atoms with Gasteiger partial charge >= 0.3 is 6.09 Å². The lowest BCUT2D eigenvalue weighted by molar-refractivity contribution is -0.125. The second kappa shape index (κ2) is 9.15. The molecule has 0 saturated heterocycles. The highest BCUT2D eigenvalue weighted by Crippen LogP contribution is 2.26. The van der Waals surface area contributed by atoms with Gasteiger partial charge in [-0.3, -0.25) is 9.59 Å². The van der Waals surface area contributed by atoms with Gasteiger partial charge in [0.2, 0.25) is 11.8 Å². The number of carbonyl (C=O) groups excluding carboxylic acids is 2. The van der Waals surface area contributed by atoms with Crippen LogP contribution in [-0.4, -0.2) is 46.5 Å². The molecule has 4 rings (SSSR count). The van der Waals surface area contributed by atoms with E-state index in [4.69, 9.17) is 9.52 Å². The summed E-state index contributed by atoms with van der Waals surface area (Å²) in [5.41, 5.74) is 3.30. The number of carbonyl (C=O) groups is 3. The minimum absolute atomic E-state index is 0.0190. The average molecular weight is 448 g/mol. The van der Waals surface area contributed by atoms with Gasteiger partial charge in [0.15, 0.2) is 0 Å². The van der Waals surface area contributed by atoms with E-state index in [2.05, 4.69) is 15.6 Å². The van der Waals surface area contributed by atoms with Gasteiger partial charge in [-0.2, -0.15) is 0 Å². The molecule has 170 valence electrons. The summed E-state index contributed by atoms with van der Waals surface area (Å²) in [5.74, 6) is 0.212. The highest BCUT2D eigenvalue weighted by Gasteiger charge is 2.27. The molecule has 3 amide bonds. The van der Waals surface area contributed by atoms with Gasteiger partial charge in [0.25, 0.3) is 0 Å². The number of benzene rings is 1. The summed E-state index contributed by atoms with van der Waals surface area (Å²) in [7, 11) is 1.71. The first-order valence-corrected chi connectivity index (χ1v) is 10.5. The molecule has 0 spiro atoms. The lowest BCUT2D eigenvalue weighted by Gasteiger charge is -2.23. The maximum absolute atomic E-state index is 12.6. The number of nitrogens with one attached hydrogen (secondary N) is 2. The SMILES string of the molecule is Cc1c(CN(C)C(=O)/C=C/c2cnc3c(c2)CC(CNC(=O)O)C(=O)N3)oc2ccccc12. The molecule has 0 aliphatic carbocycles. The van der Waals surface area contributed by atoms with Crippen molar-refractivity contribution < 1.29 is 23.9 Å². The number of aryl methyl sites for hydroxylation is 1. The van der Waals surface area contributed by atoms with Crippen molar-refractivity contribution in [1.29, 1.82) is 0 Å². The Morgan fingerprint density at radius 3 is 2.91 bits per heavy atom. The summed E-state index contributed by atoms with van der Waals surface area (Å²) < 4.78 is 5.89. The fourth-order valence-corrected chi connectivity index (χ4v) is 3.80. The minimum Gasteiger partial charge on any atom is -0.465 e. The lowest BCUT2D eigenvalue weighted by Crippen LogP contribution is -2.39. The molecule has 1 aliphatic rings. The lowest BCUT2D eigenvalue weighted by atomic mass is 9.94. The van der Waals surface area contributed by atoms with Gasteiger partial charge in [-0.05, 0) is 42.7 Å². The molecule has 0 saturated carbocycles. The fraction of sp³-hybridized carbons (Fsp3) is 0.250. The van der Waals surface area contributed by atoms with Crippen LogP contribution in [-0.2, 0) is 22.6 Å². The van der Waals surface area contributed by atoms with Crippen molar-refractivity contribution in [3.05, 3.63) is 65.1 Å².